The number of nitrogens with zero attached hydrogens (tertiary/aromatic N) is 2. The number of hydrogen-bond donors (Lipinski definition) is 0. The largest absolute Gasteiger partial charge is 0.337 e. The van der Waals surface area contributed by atoms with E-state index in [2.05, 4.69) is 0 Å². The molecule has 1 heterocycles. The molecular weight excluding hydrogens is 364 g/mol. The summed E-state index contributed by atoms with van der Waals surface area (Å²) in [6, 6.07) is 11.8. The molecule has 0 radical (unpaired) electrons. The van der Waals surface area contributed by atoms with Crippen LogP contribution in [0, 0.1) is 17.0 Å². The highest BCUT2D eigenvalue weighted by Crippen LogP contribution is 2.42. The van der Waals surface area contributed by atoms with Gasteiger partial charge in [-0.1, -0.05) is 29.4 Å². The molecule has 1 aromatic heterocycles. The summed E-state index contributed by atoms with van der Waals surface area (Å²) in [6.07, 6.45) is 0. The maximum absolute atomic E-state index is 11.5. The van der Waals surface area contributed by atoms with Crippen LogP contribution in [0.2, 0.25) is 5.02 Å². The number of fused-ring (bicyclic) bond motifs is 1. The fourth-order valence-electron chi connectivity index (χ4n) is 2.53. The second kappa shape index (κ2) is 6.78. The lowest BCUT2D eigenvalue weighted by Crippen LogP contribution is -2.17. The minimum absolute atomic E-state index is 0.0389. The molecule has 25 heavy (non-hydrogen) atoms. The first-order valence-corrected chi connectivity index (χ1v) is 8.48. The van der Waals surface area contributed by atoms with Gasteiger partial charge in [-0.15, -0.1) is 0 Å². The van der Waals surface area contributed by atoms with Crippen molar-refractivity contribution < 1.29 is 14.6 Å². The Labute approximate surface area is 152 Å². The molecule has 0 aliphatic carbocycles. The molecule has 6 nitrogen and oxygen atoms in total. The minimum atomic E-state index is -0.505. The van der Waals surface area contributed by atoms with Crippen LogP contribution in [0.5, 0.6) is 0 Å². The fourth-order valence-corrected chi connectivity index (χ4v) is 3.70. The third-order valence-electron chi connectivity index (χ3n) is 3.55. The van der Waals surface area contributed by atoms with Crippen molar-refractivity contribution in [3.8, 4) is 0 Å². The maximum atomic E-state index is 11.5. The minimum Gasteiger partial charge on any atom is -0.337 e. The fraction of sp³-hybridized carbons (Fsp3) is 0.118. The predicted molar refractivity (Wildman–Crippen MR) is 96.2 cm³/mol. The zero-order valence-electron chi connectivity index (χ0n) is 13.4. The Hall–Kier alpha value is -2.51. The average Bonchev–Trinajstić information content (AvgIpc) is 2.82. The third kappa shape index (κ3) is 3.33. The molecule has 0 aliphatic heterocycles. The number of benzene rings is 2. The maximum Gasteiger partial charge on any atom is 0.329 e. The van der Waals surface area contributed by atoms with Gasteiger partial charge in [-0.2, -0.15) is 4.73 Å². The third-order valence-corrected chi connectivity index (χ3v) is 5.01. The molecule has 0 saturated heterocycles. The summed E-state index contributed by atoms with van der Waals surface area (Å²) in [5.41, 5.74) is 1.04. The zero-order chi connectivity index (χ0) is 18.1. The SMILES string of the molecule is CC(=O)On1c(C)c(Sc2ccc(Cl)cc2)c2c([N+](=O)[O-])cccc21. The lowest BCUT2D eigenvalue weighted by molar-refractivity contribution is -0.383. The van der Waals surface area contributed by atoms with Gasteiger partial charge in [0.25, 0.3) is 5.69 Å². The highest BCUT2D eigenvalue weighted by Gasteiger charge is 2.24. The van der Waals surface area contributed by atoms with Gasteiger partial charge in [0.05, 0.1) is 26.4 Å². The topological polar surface area (TPSA) is 74.4 Å². The molecule has 0 saturated carbocycles. The van der Waals surface area contributed by atoms with Crippen molar-refractivity contribution in [3.63, 3.8) is 0 Å². The lowest BCUT2D eigenvalue weighted by Gasteiger charge is -2.06. The first kappa shape index (κ1) is 17.3. The highest BCUT2D eigenvalue weighted by atomic mass is 35.5. The van der Waals surface area contributed by atoms with Crippen LogP contribution in [0.3, 0.4) is 0 Å². The van der Waals surface area contributed by atoms with Crippen LogP contribution in [0.15, 0.2) is 52.3 Å². The summed E-state index contributed by atoms with van der Waals surface area (Å²) in [4.78, 5) is 29.2. The van der Waals surface area contributed by atoms with Crippen LogP contribution in [-0.4, -0.2) is 15.6 Å². The molecular formula is C17H13ClN2O4S. The Morgan fingerprint density at radius 2 is 1.92 bits per heavy atom. The van der Waals surface area contributed by atoms with Crippen LogP contribution >= 0.6 is 23.4 Å². The molecule has 0 fully saturated rings. The lowest BCUT2D eigenvalue weighted by atomic mass is 10.2. The van der Waals surface area contributed by atoms with E-state index in [1.54, 1.807) is 31.2 Å². The number of hydrogen-bond acceptors (Lipinski definition) is 5. The van der Waals surface area contributed by atoms with Crippen molar-refractivity contribution in [3.05, 3.63) is 63.3 Å². The Bertz CT molecular complexity index is 982. The van der Waals surface area contributed by atoms with E-state index in [1.165, 1.54) is 29.5 Å². The molecule has 128 valence electrons. The van der Waals surface area contributed by atoms with E-state index in [-0.39, 0.29) is 5.69 Å². The Morgan fingerprint density at radius 1 is 1.24 bits per heavy atom. The normalized spacial score (nSPS) is 10.8. The van der Waals surface area contributed by atoms with E-state index in [9.17, 15) is 14.9 Å². The average molecular weight is 377 g/mol. The molecule has 0 unspecified atom stereocenters. The summed E-state index contributed by atoms with van der Waals surface area (Å²) >= 11 is 7.27. The van der Waals surface area contributed by atoms with E-state index in [1.807, 2.05) is 12.1 Å². The van der Waals surface area contributed by atoms with E-state index in [0.717, 1.165) is 4.90 Å². The molecule has 0 spiro atoms. The molecule has 3 rings (SSSR count). The van der Waals surface area contributed by atoms with Gasteiger partial charge in [-0.05, 0) is 37.3 Å². The predicted octanol–water partition coefficient (Wildman–Crippen LogP) is 4.64. The second-order valence-electron chi connectivity index (χ2n) is 5.28. The number of rotatable bonds is 4. The second-order valence-corrected chi connectivity index (χ2v) is 6.80. The molecule has 0 N–H and O–H groups in total. The zero-order valence-corrected chi connectivity index (χ0v) is 14.9. The van der Waals surface area contributed by atoms with Gasteiger partial charge in [0.2, 0.25) is 0 Å². The van der Waals surface area contributed by atoms with Crippen molar-refractivity contribution >= 4 is 45.9 Å². The van der Waals surface area contributed by atoms with E-state index in [4.69, 9.17) is 16.4 Å². The number of carbonyl (C=O) groups is 1. The van der Waals surface area contributed by atoms with Gasteiger partial charge in [-0.3, -0.25) is 10.1 Å². The van der Waals surface area contributed by atoms with Crippen LogP contribution in [0.25, 0.3) is 10.9 Å². The molecule has 0 amide bonds. The van der Waals surface area contributed by atoms with Gasteiger partial charge in [0.1, 0.15) is 0 Å². The number of nitro benzene ring substituents is 1. The van der Waals surface area contributed by atoms with Gasteiger partial charge >= 0.3 is 5.97 Å². The van der Waals surface area contributed by atoms with E-state index in [0.29, 0.717) is 26.5 Å². The van der Waals surface area contributed by atoms with Crippen LogP contribution in [0.1, 0.15) is 12.6 Å². The molecule has 0 atom stereocenters. The Kier molecular flexibility index (Phi) is 4.69. The quantitative estimate of drug-likeness (QED) is 0.490. The summed E-state index contributed by atoms with van der Waals surface area (Å²) in [5.74, 6) is -0.505. The number of nitro groups is 1. The molecule has 3 aromatic rings. The number of non-ortho nitro benzene ring substituents is 1. The van der Waals surface area contributed by atoms with Gasteiger partial charge in [0.15, 0.2) is 0 Å². The summed E-state index contributed by atoms with van der Waals surface area (Å²) in [7, 11) is 0. The first-order chi connectivity index (χ1) is 11.9. The van der Waals surface area contributed by atoms with Gasteiger partial charge in [-0.25, -0.2) is 4.79 Å². The van der Waals surface area contributed by atoms with Crippen molar-refractivity contribution in [2.24, 2.45) is 0 Å². The monoisotopic (exact) mass is 376 g/mol. The first-order valence-electron chi connectivity index (χ1n) is 7.29. The van der Waals surface area contributed by atoms with Gasteiger partial charge in [0, 0.05) is 22.9 Å². The molecule has 0 aliphatic rings. The highest BCUT2D eigenvalue weighted by molar-refractivity contribution is 7.99. The van der Waals surface area contributed by atoms with Crippen LogP contribution in [-0.2, 0) is 4.79 Å². The van der Waals surface area contributed by atoms with Crippen LogP contribution < -0.4 is 4.84 Å². The van der Waals surface area contributed by atoms with Crippen LogP contribution in [0.4, 0.5) is 5.69 Å². The van der Waals surface area contributed by atoms with E-state index < -0.39 is 10.9 Å². The summed E-state index contributed by atoms with van der Waals surface area (Å²) in [5, 5.41) is 12.5. The smallest absolute Gasteiger partial charge is 0.329 e. The number of halogens is 1. The molecule has 8 heteroatoms. The molecule has 0 bridgehead atoms. The van der Waals surface area contributed by atoms with Crippen molar-refractivity contribution in [2.75, 3.05) is 0 Å². The number of aromatic nitrogens is 1. The Balaban J connectivity index is 2.24. The number of carbonyl (C=O) groups excluding carboxylic acids is 1. The Morgan fingerprint density at radius 3 is 2.52 bits per heavy atom. The van der Waals surface area contributed by atoms with Crippen molar-refractivity contribution in [1.29, 1.82) is 0 Å². The van der Waals surface area contributed by atoms with Gasteiger partial charge < -0.3 is 4.84 Å². The molecule has 2 aromatic carbocycles. The standard InChI is InChI=1S/C17H13ClN2O4S/c1-10-17(25-13-8-6-12(18)7-9-13)16-14(19(10)24-11(2)21)4-3-5-15(16)20(22)23/h3-9H,1-2H3. The van der Waals surface area contributed by atoms with E-state index >= 15 is 0 Å². The summed E-state index contributed by atoms with van der Waals surface area (Å²) < 4.78 is 1.34. The van der Waals surface area contributed by atoms with Crippen molar-refractivity contribution in [1.82, 2.24) is 4.73 Å². The van der Waals surface area contributed by atoms with Crippen molar-refractivity contribution in [2.45, 2.75) is 23.6 Å². The summed E-state index contributed by atoms with van der Waals surface area (Å²) in [6.45, 7) is 3.04.